The lowest BCUT2D eigenvalue weighted by Crippen LogP contribution is -2.36. The van der Waals surface area contributed by atoms with E-state index in [1.54, 1.807) is 11.3 Å². The molecular formula is C14H20BrN3OS. The summed E-state index contributed by atoms with van der Waals surface area (Å²) in [6.07, 6.45) is 1.90. The molecule has 0 amide bonds. The number of aromatic nitrogens is 2. The normalized spacial score (nSPS) is 13.1. The lowest BCUT2D eigenvalue weighted by molar-refractivity contribution is 0.326. The van der Waals surface area contributed by atoms with Gasteiger partial charge in [0.25, 0.3) is 0 Å². The van der Waals surface area contributed by atoms with Crippen LogP contribution < -0.4 is 5.32 Å². The van der Waals surface area contributed by atoms with E-state index in [1.165, 1.54) is 0 Å². The summed E-state index contributed by atoms with van der Waals surface area (Å²) < 4.78 is 6.43. The largest absolute Gasteiger partial charge is 0.339 e. The monoisotopic (exact) mass is 357 g/mol. The summed E-state index contributed by atoms with van der Waals surface area (Å²) in [7, 11) is 0. The maximum absolute atomic E-state index is 5.38. The molecule has 0 radical (unpaired) electrons. The highest BCUT2D eigenvalue weighted by molar-refractivity contribution is 9.10. The standard InChI is InChI=1S/C14H20BrN3OS/c1-4-5-16-11(9(2)3)7-13-17-14(18-19-13)12-6-10(15)8-20-12/h6,8-9,11,16H,4-5,7H2,1-3H3. The van der Waals surface area contributed by atoms with Crippen molar-refractivity contribution < 1.29 is 4.52 Å². The Kier molecular flexibility index (Phi) is 5.74. The van der Waals surface area contributed by atoms with Crippen molar-refractivity contribution in [2.45, 2.75) is 39.7 Å². The van der Waals surface area contributed by atoms with E-state index in [2.05, 4.69) is 52.2 Å². The van der Waals surface area contributed by atoms with Gasteiger partial charge in [0.1, 0.15) is 0 Å². The molecule has 0 aromatic carbocycles. The molecule has 0 aliphatic heterocycles. The van der Waals surface area contributed by atoms with Crippen LogP contribution in [0.4, 0.5) is 0 Å². The molecule has 2 aromatic rings. The molecule has 2 aromatic heterocycles. The minimum Gasteiger partial charge on any atom is -0.339 e. The molecule has 1 N–H and O–H groups in total. The highest BCUT2D eigenvalue weighted by Crippen LogP contribution is 2.27. The van der Waals surface area contributed by atoms with Crippen molar-refractivity contribution in [3.63, 3.8) is 0 Å². The Morgan fingerprint density at radius 2 is 2.25 bits per heavy atom. The van der Waals surface area contributed by atoms with Crippen LogP contribution in [0.15, 0.2) is 20.4 Å². The van der Waals surface area contributed by atoms with Crippen LogP contribution in [0.5, 0.6) is 0 Å². The van der Waals surface area contributed by atoms with Gasteiger partial charge in [-0.3, -0.25) is 0 Å². The SMILES string of the molecule is CCCNC(Cc1nc(-c2cc(Br)cs2)no1)C(C)C. The molecular weight excluding hydrogens is 338 g/mol. The Labute approximate surface area is 132 Å². The van der Waals surface area contributed by atoms with Crippen LogP contribution in [0.25, 0.3) is 10.7 Å². The summed E-state index contributed by atoms with van der Waals surface area (Å²) in [5.41, 5.74) is 0. The lowest BCUT2D eigenvalue weighted by Gasteiger charge is -2.20. The number of nitrogens with one attached hydrogen (secondary N) is 1. The van der Waals surface area contributed by atoms with E-state index in [0.29, 0.717) is 23.7 Å². The highest BCUT2D eigenvalue weighted by Gasteiger charge is 2.18. The van der Waals surface area contributed by atoms with Crippen molar-refractivity contribution in [1.82, 2.24) is 15.5 Å². The number of halogens is 1. The van der Waals surface area contributed by atoms with E-state index in [4.69, 9.17) is 4.52 Å². The smallest absolute Gasteiger partial charge is 0.228 e. The van der Waals surface area contributed by atoms with Gasteiger partial charge in [0, 0.05) is 22.3 Å². The van der Waals surface area contributed by atoms with Crippen LogP contribution >= 0.6 is 27.3 Å². The summed E-state index contributed by atoms with van der Waals surface area (Å²) >= 11 is 5.05. The minimum atomic E-state index is 0.373. The van der Waals surface area contributed by atoms with Crippen molar-refractivity contribution in [3.05, 3.63) is 21.8 Å². The van der Waals surface area contributed by atoms with Crippen LogP contribution in [0.3, 0.4) is 0 Å². The van der Waals surface area contributed by atoms with Gasteiger partial charge in [0.2, 0.25) is 11.7 Å². The van der Waals surface area contributed by atoms with Crippen LogP contribution in [0, 0.1) is 5.92 Å². The van der Waals surface area contributed by atoms with Gasteiger partial charge >= 0.3 is 0 Å². The minimum absolute atomic E-state index is 0.373. The Hall–Kier alpha value is -0.720. The van der Waals surface area contributed by atoms with Gasteiger partial charge in [-0.15, -0.1) is 11.3 Å². The van der Waals surface area contributed by atoms with Crippen LogP contribution in [-0.4, -0.2) is 22.7 Å². The zero-order chi connectivity index (χ0) is 14.5. The molecule has 0 bridgehead atoms. The molecule has 0 fully saturated rings. The molecule has 0 aliphatic carbocycles. The molecule has 4 nitrogen and oxygen atoms in total. The first kappa shape index (κ1) is 15.7. The van der Waals surface area contributed by atoms with Gasteiger partial charge in [0.15, 0.2) is 0 Å². The average Bonchev–Trinajstić information content (AvgIpc) is 3.02. The van der Waals surface area contributed by atoms with Crippen molar-refractivity contribution in [3.8, 4) is 10.7 Å². The predicted molar refractivity (Wildman–Crippen MR) is 85.9 cm³/mol. The zero-order valence-electron chi connectivity index (χ0n) is 12.0. The van der Waals surface area contributed by atoms with E-state index in [9.17, 15) is 0 Å². The fourth-order valence-electron chi connectivity index (χ4n) is 1.93. The fraction of sp³-hybridized carbons (Fsp3) is 0.571. The third-order valence-electron chi connectivity index (χ3n) is 3.11. The molecule has 1 unspecified atom stereocenters. The van der Waals surface area contributed by atoms with Gasteiger partial charge in [-0.05, 0) is 40.9 Å². The number of rotatable bonds is 7. The summed E-state index contributed by atoms with van der Waals surface area (Å²) in [6.45, 7) is 7.60. The molecule has 2 rings (SSSR count). The molecule has 2 heterocycles. The van der Waals surface area contributed by atoms with Gasteiger partial charge in [-0.2, -0.15) is 4.98 Å². The van der Waals surface area contributed by atoms with Crippen molar-refractivity contribution in [2.75, 3.05) is 6.54 Å². The van der Waals surface area contributed by atoms with Crippen LogP contribution in [-0.2, 0) is 6.42 Å². The number of nitrogens with zero attached hydrogens (tertiary/aromatic N) is 2. The number of thiophene rings is 1. The van der Waals surface area contributed by atoms with E-state index in [1.807, 2.05) is 11.4 Å². The molecule has 0 saturated heterocycles. The summed E-state index contributed by atoms with van der Waals surface area (Å²) in [5.74, 6) is 1.91. The van der Waals surface area contributed by atoms with Crippen LogP contribution in [0.2, 0.25) is 0 Å². The Balaban J connectivity index is 2.04. The lowest BCUT2D eigenvalue weighted by atomic mass is 10.0. The summed E-state index contributed by atoms with van der Waals surface area (Å²) in [6, 6.07) is 2.38. The van der Waals surface area contributed by atoms with Crippen molar-refractivity contribution in [1.29, 1.82) is 0 Å². The average molecular weight is 358 g/mol. The topological polar surface area (TPSA) is 51.0 Å². The second-order valence-corrected chi connectivity index (χ2v) is 6.98. The zero-order valence-corrected chi connectivity index (χ0v) is 14.4. The van der Waals surface area contributed by atoms with Crippen molar-refractivity contribution in [2.24, 2.45) is 5.92 Å². The van der Waals surface area contributed by atoms with Crippen LogP contribution in [0.1, 0.15) is 33.1 Å². The molecule has 0 saturated carbocycles. The summed E-state index contributed by atoms with van der Waals surface area (Å²) in [5, 5.41) is 9.62. The Morgan fingerprint density at radius 1 is 1.45 bits per heavy atom. The summed E-state index contributed by atoms with van der Waals surface area (Å²) in [4.78, 5) is 5.52. The van der Waals surface area contributed by atoms with E-state index < -0.39 is 0 Å². The molecule has 0 aliphatic rings. The first-order chi connectivity index (χ1) is 9.60. The van der Waals surface area contributed by atoms with E-state index in [-0.39, 0.29) is 0 Å². The third kappa shape index (κ3) is 4.14. The first-order valence-electron chi connectivity index (χ1n) is 6.90. The Bertz CT molecular complexity index is 538. The fourth-order valence-corrected chi connectivity index (χ4v) is 3.28. The molecule has 1 atom stereocenters. The highest BCUT2D eigenvalue weighted by atomic mass is 79.9. The second kappa shape index (κ2) is 7.33. The molecule has 20 heavy (non-hydrogen) atoms. The molecule has 0 spiro atoms. The van der Waals surface area contributed by atoms with Gasteiger partial charge < -0.3 is 9.84 Å². The maximum Gasteiger partial charge on any atom is 0.228 e. The molecule has 6 heteroatoms. The quantitative estimate of drug-likeness (QED) is 0.809. The van der Waals surface area contributed by atoms with E-state index in [0.717, 1.165) is 28.7 Å². The van der Waals surface area contributed by atoms with Gasteiger partial charge in [0.05, 0.1) is 4.88 Å². The van der Waals surface area contributed by atoms with Gasteiger partial charge in [-0.1, -0.05) is 25.9 Å². The number of hydrogen-bond donors (Lipinski definition) is 1. The Morgan fingerprint density at radius 3 is 2.85 bits per heavy atom. The predicted octanol–water partition coefficient (Wildman–Crippen LogP) is 4.13. The van der Waals surface area contributed by atoms with Crippen molar-refractivity contribution >= 4 is 27.3 Å². The van der Waals surface area contributed by atoms with Gasteiger partial charge in [-0.25, -0.2) is 0 Å². The molecule has 110 valence electrons. The second-order valence-electron chi connectivity index (χ2n) is 5.15. The third-order valence-corrected chi connectivity index (χ3v) is 4.80. The number of hydrogen-bond acceptors (Lipinski definition) is 5. The maximum atomic E-state index is 5.38. The van der Waals surface area contributed by atoms with E-state index >= 15 is 0 Å². The first-order valence-corrected chi connectivity index (χ1v) is 8.57.